The van der Waals surface area contributed by atoms with Crippen molar-refractivity contribution in [1.29, 1.82) is 0 Å². The molecule has 1 aliphatic heterocycles. The number of fused-ring (bicyclic) bond motifs is 1. The molecule has 1 fully saturated rings. The number of hydrogen-bond acceptors (Lipinski definition) is 3. The number of rotatable bonds is 2. The summed E-state index contributed by atoms with van der Waals surface area (Å²) in [5.41, 5.74) is 3.53. The van der Waals surface area contributed by atoms with Gasteiger partial charge in [0.05, 0.1) is 18.9 Å². The molecule has 20 heavy (non-hydrogen) atoms. The van der Waals surface area contributed by atoms with Crippen LogP contribution in [0.25, 0.3) is 5.65 Å². The summed E-state index contributed by atoms with van der Waals surface area (Å²) in [4.78, 5) is 19.2. The predicted octanol–water partition coefficient (Wildman–Crippen LogP) is 1.68. The van der Waals surface area contributed by atoms with E-state index in [1.807, 2.05) is 41.5 Å². The molecule has 3 heterocycles. The Morgan fingerprint density at radius 1 is 1.35 bits per heavy atom. The summed E-state index contributed by atoms with van der Waals surface area (Å²) in [7, 11) is 0. The van der Waals surface area contributed by atoms with Crippen LogP contribution in [0.15, 0.2) is 18.3 Å². The van der Waals surface area contributed by atoms with Crippen LogP contribution in [0.1, 0.15) is 28.7 Å². The van der Waals surface area contributed by atoms with Crippen LogP contribution < -0.4 is 0 Å². The van der Waals surface area contributed by atoms with Gasteiger partial charge in [0.15, 0.2) is 0 Å². The van der Waals surface area contributed by atoms with Crippen molar-refractivity contribution in [3.8, 4) is 0 Å². The number of nitrogens with zero attached hydrogens (tertiary/aromatic N) is 3. The third-order valence-corrected chi connectivity index (χ3v) is 3.67. The number of carbonyl (C=O) groups is 1. The fourth-order valence-electron chi connectivity index (χ4n) is 2.59. The molecular weight excluding hydrogens is 254 g/mol. The van der Waals surface area contributed by atoms with Crippen molar-refractivity contribution in [3.05, 3.63) is 35.3 Å². The van der Waals surface area contributed by atoms with Gasteiger partial charge >= 0.3 is 0 Å². The predicted molar refractivity (Wildman–Crippen MR) is 76.0 cm³/mol. The topological polar surface area (TPSA) is 46.8 Å². The van der Waals surface area contributed by atoms with E-state index >= 15 is 0 Å². The van der Waals surface area contributed by atoms with Crippen LogP contribution in [0.4, 0.5) is 0 Å². The van der Waals surface area contributed by atoms with E-state index in [0.29, 0.717) is 32.0 Å². The summed E-state index contributed by atoms with van der Waals surface area (Å²) in [5.74, 6) is 0.0586. The lowest BCUT2D eigenvalue weighted by Crippen LogP contribution is -2.41. The molecule has 5 nitrogen and oxygen atoms in total. The Labute approximate surface area is 118 Å². The molecule has 0 aromatic carbocycles. The van der Waals surface area contributed by atoms with Gasteiger partial charge in [0.25, 0.3) is 5.91 Å². The molecule has 0 radical (unpaired) electrons. The fourth-order valence-corrected chi connectivity index (χ4v) is 2.59. The Morgan fingerprint density at radius 3 is 2.80 bits per heavy atom. The molecule has 0 saturated carbocycles. The SMILES string of the molecule is CCc1nc2ccc(C)cn2c1C(=O)N1CCOCC1. The number of hydrogen-bond donors (Lipinski definition) is 0. The molecule has 1 saturated heterocycles. The van der Waals surface area contributed by atoms with Gasteiger partial charge in [0.1, 0.15) is 11.3 Å². The van der Waals surface area contributed by atoms with Crippen LogP contribution in [0.5, 0.6) is 0 Å². The zero-order valence-corrected chi connectivity index (χ0v) is 11.9. The first-order valence-electron chi connectivity index (χ1n) is 7.05. The highest BCUT2D eigenvalue weighted by molar-refractivity contribution is 5.94. The van der Waals surface area contributed by atoms with Crippen molar-refractivity contribution in [3.63, 3.8) is 0 Å². The highest BCUT2D eigenvalue weighted by Crippen LogP contribution is 2.17. The Hall–Kier alpha value is -1.88. The molecule has 2 aromatic heterocycles. The minimum absolute atomic E-state index is 0.0586. The maximum atomic E-state index is 12.8. The third-order valence-electron chi connectivity index (χ3n) is 3.67. The number of pyridine rings is 1. The van der Waals surface area contributed by atoms with E-state index in [9.17, 15) is 4.79 Å². The number of aryl methyl sites for hydroxylation is 2. The third kappa shape index (κ3) is 2.18. The minimum atomic E-state index is 0.0586. The molecule has 0 bridgehead atoms. The Bertz CT molecular complexity index is 642. The number of aromatic nitrogens is 2. The summed E-state index contributed by atoms with van der Waals surface area (Å²) in [6.07, 6.45) is 2.74. The highest BCUT2D eigenvalue weighted by atomic mass is 16.5. The molecule has 0 spiro atoms. The van der Waals surface area contributed by atoms with Crippen molar-refractivity contribution in [2.24, 2.45) is 0 Å². The van der Waals surface area contributed by atoms with E-state index in [-0.39, 0.29) is 5.91 Å². The molecule has 0 N–H and O–H groups in total. The van der Waals surface area contributed by atoms with E-state index in [4.69, 9.17) is 4.74 Å². The van der Waals surface area contributed by atoms with Gasteiger partial charge in [-0.2, -0.15) is 0 Å². The molecule has 1 amide bonds. The zero-order chi connectivity index (χ0) is 14.1. The van der Waals surface area contributed by atoms with E-state index in [1.54, 1.807) is 0 Å². The summed E-state index contributed by atoms with van der Waals surface area (Å²) < 4.78 is 7.24. The van der Waals surface area contributed by atoms with Crippen LogP contribution in [0.3, 0.4) is 0 Å². The van der Waals surface area contributed by atoms with E-state index in [2.05, 4.69) is 4.98 Å². The largest absolute Gasteiger partial charge is 0.378 e. The van der Waals surface area contributed by atoms with Gasteiger partial charge in [-0.05, 0) is 25.0 Å². The van der Waals surface area contributed by atoms with Crippen molar-refractivity contribution >= 4 is 11.6 Å². The molecule has 0 atom stereocenters. The van der Waals surface area contributed by atoms with Crippen LogP contribution in [0.2, 0.25) is 0 Å². The standard InChI is InChI=1S/C15H19N3O2/c1-3-12-14(15(19)17-6-8-20-9-7-17)18-10-11(2)4-5-13(18)16-12/h4-5,10H,3,6-9H2,1-2H3. The van der Waals surface area contributed by atoms with Crippen LogP contribution in [0, 0.1) is 6.92 Å². The van der Waals surface area contributed by atoms with Crippen LogP contribution in [-0.2, 0) is 11.2 Å². The van der Waals surface area contributed by atoms with Crippen molar-refractivity contribution < 1.29 is 9.53 Å². The van der Waals surface area contributed by atoms with Crippen molar-refractivity contribution in [1.82, 2.24) is 14.3 Å². The van der Waals surface area contributed by atoms with Crippen molar-refractivity contribution in [2.45, 2.75) is 20.3 Å². The number of amides is 1. The molecule has 1 aliphatic rings. The molecule has 5 heteroatoms. The normalized spacial score (nSPS) is 15.8. The quantitative estimate of drug-likeness (QED) is 0.836. The summed E-state index contributed by atoms with van der Waals surface area (Å²) >= 11 is 0. The Kier molecular flexibility index (Phi) is 3.44. The highest BCUT2D eigenvalue weighted by Gasteiger charge is 2.24. The van der Waals surface area contributed by atoms with E-state index < -0.39 is 0 Å². The second kappa shape index (κ2) is 5.25. The lowest BCUT2D eigenvalue weighted by atomic mass is 10.2. The second-order valence-electron chi connectivity index (χ2n) is 5.10. The van der Waals surface area contributed by atoms with Crippen LogP contribution in [-0.4, -0.2) is 46.5 Å². The van der Waals surface area contributed by atoms with E-state index in [1.165, 1.54) is 0 Å². The first-order chi connectivity index (χ1) is 9.70. The lowest BCUT2D eigenvalue weighted by Gasteiger charge is -2.26. The van der Waals surface area contributed by atoms with Gasteiger partial charge in [-0.25, -0.2) is 4.98 Å². The first kappa shape index (κ1) is 13.1. The maximum absolute atomic E-state index is 12.8. The molecular formula is C15H19N3O2. The molecule has 106 valence electrons. The Balaban J connectivity index is 2.08. The van der Waals surface area contributed by atoms with Crippen molar-refractivity contribution in [2.75, 3.05) is 26.3 Å². The Morgan fingerprint density at radius 2 is 2.10 bits per heavy atom. The van der Waals surface area contributed by atoms with E-state index in [0.717, 1.165) is 23.3 Å². The lowest BCUT2D eigenvalue weighted by molar-refractivity contribution is 0.0297. The second-order valence-corrected chi connectivity index (χ2v) is 5.10. The zero-order valence-electron chi connectivity index (χ0n) is 11.9. The summed E-state index contributed by atoms with van der Waals surface area (Å²) in [5, 5.41) is 0. The van der Waals surface area contributed by atoms with Gasteiger partial charge in [0.2, 0.25) is 0 Å². The smallest absolute Gasteiger partial charge is 0.272 e. The van der Waals surface area contributed by atoms with Crippen LogP contribution >= 0.6 is 0 Å². The van der Waals surface area contributed by atoms with Gasteiger partial charge < -0.3 is 9.64 Å². The molecule has 2 aromatic rings. The molecule has 3 rings (SSSR count). The number of carbonyl (C=O) groups excluding carboxylic acids is 1. The van der Waals surface area contributed by atoms with Gasteiger partial charge in [-0.15, -0.1) is 0 Å². The monoisotopic (exact) mass is 273 g/mol. The first-order valence-corrected chi connectivity index (χ1v) is 7.05. The minimum Gasteiger partial charge on any atom is -0.378 e. The number of imidazole rings is 1. The van der Waals surface area contributed by atoms with Gasteiger partial charge in [-0.1, -0.05) is 13.0 Å². The van der Waals surface area contributed by atoms with Gasteiger partial charge in [0, 0.05) is 19.3 Å². The average molecular weight is 273 g/mol. The average Bonchev–Trinajstić information content (AvgIpc) is 2.85. The molecule has 0 aliphatic carbocycles. The van der Waals surface area contributed by atoms with Gasteiger partial charge in [-0.3, -0.25) is 9.20 Å². The maximum Gasteiger partial charge on any atom is 0.272 e. The fraction of sp³-hybridized carbons (Fsp3) is 0.467. The number of morpholine rings is 1. The summed E-state index contributed by atoms with van der Waals surface area (Å²) in [6, 6.07) is 3.98. The molecule has 0 unspecified atom stereocenters. The summed E-state index contributed by atoms with van der Waals surface area (Å²) in [6.45, 7) is 6.59. The number of ether oxygens (including phenoxy) is 1.